The Bertz CT molecular complexity index is 1200. The zero-order valence-corrected chi connectivity index (χ0v) is 27.2. The topological polar surface area (TPSA) is 69.7 Å². The van der Waals surface area contributed by atoms with Gasteiger partial charge in [-0.3, -0.25) is 14.4 Å². The number of allylic oxidation sites excluding steroid dienone is 5. The minimum absolute atomic E-state index is 0. The Labute approximate surface area is 260 Å². The van der Waals surface area contributed by atoms with Gasteiger partial charge in [-0.1, -0.05) is 54.6 Å². The first-order chi connectivity index (χ1) is 18.4. The van der Waals surface area contributed by atoms with Gasteiger partial charge < -0.3 is 15.1 Å². The number of alkyl halides is 1. The number of carbonyl (C=O) groups excluding carboxylic acids is 3. The Morgan fingerprint density at radius 1 is 1.13 bits per heavy atom. The maximum atomic E-state index is 13.9. The molecule has 0 aromatic heterocycles. The van der Waals surface area contributed by atoms with Crippen molar-refractivity contribution in [1.29, 1.82) is 0 Å². The molecule has 1 N–H and O–H groups in total. The Hall–Kier alpha value is -2.20. The molecule has 4 aliphatic rings. The number of piperidine rings is 1. The van der Waals surface area contributed by atoms with Crippen molar-refractivity contribution in [2.75, 3.05) is 19.6 Å². The molecule has 5 rings (SSSR count). The van der Waals surface area contributed by atoms with Gasteiger partial charge in [0.25, 0.3) is 0 Å². The van der Waals surface area contributed by atoms with Gasteiger partial charge in [0, 0.05) is 62.5 Å². The standard InChI is InChI=1S/C31H35ClN3O3.U/c1-22(23-9-4-2-5-10-23)33-30(38)31(25-11-6-3-7-12-25)15-17-34(18-16-31)29(37)24-19-28(36)35(21-24)27-14-8-13-26(32)20-27;/h3-4,6-14,20,22,24,26H,2,5,15-19,21H2,1H3,(H,33,38);/q-1;/t22-,24?,26?;/m0./s1. The number of likely N-dealkylation sites (tertiary alicyclic amines) is 2. The number of nitrogens with zero attached hydrogens (tertiary/aromatic N) is 2. The molecular formula is C31H35ClN3O3U-. The van der Waals surface area contributed by atoms with Crippen molar-refractivity contribution < 1.29 is 45.5 Å². The molecule has 204 valence electrons. The molecule has 0 saturated carbocycles. The van der Waals surface area contributed by atoms with Crippen LogP contribution in [0.15, 0.2) is 78.1 Å². The molecule has 1 aromatic carbocycles. The quantitative estimate of drug-likeness (QED) is 0.344. The molecule has 3 atom stereocenters. The van der Waals surface area contributed by atoms with Crippen molar-refractivity contribution in [3.63, 3.8) is 0 Å². The van der Waals surface area contributed by atoms with E-state index < -0.39 is 5.41 Å². The van der Waals surface area contributed by atoms with E-state index in [9.17, 15) is 14.4 Å². The monoisotopic (exact) mass is 770 g/mol. The first-order valence-corrected chi connectivity index (χ1v) is 14.0. The minimum atomic E-state index is -0.702. The van der Waals surface area contributed by atoms with E-state index in [2.05, 4.69) is 23.5 Å². The summed E-state index contributed by atoms with van der Waals surface area (Å²) in [6, 6.07) is 9.84. The Morgan fingerprint density at radius 3 is 2.54 bits per heavy atom. The van der Waals surface area contributed by atoms with Crippen LogP contribution in [0.4, 0.5) is 0 Å². The predicted molar refractivity (Wildman–Crippen MR) is 149 cm³/mol. The molecule has 2 unspecified atom stereocenters. The van der Waals surface area contributed by atoms with Crippen LogP contribution in [0.5, 0.6) is 0 Å². The molecule has 0 bridgehead atoms. The molecule has 2 saturated heterocycles. The Balaban J connectivity index is 0.00000353. The van der Waals surface area contributed by atoms with E-state index >= 15 is 0 Å². The van der Waals surface area contributed by atoms with E-state index in [0.717, 1.165) is 29.7 Å². The van der Waals surface area contributed by atoms with Crippen molar-refractivity contribution in [2.45, 2.75) is 55.9 Å². The van der Waals surface area contributed by atoms with Crippen LogP contribution >= 0.6 is 11.6 Å². The van der Waals surface area contributed by atoms with Gasteiger partial charge >= 0.3 is 0 Å². The van der Waals surface area contributed by atoms with Crippen LogP contribution in [0, 0.1) is 43.5 Å². The van der Waals surface area contributed by atoms with Crippen LogP contribution in [0.25, 0.3) is 0 Å². The van der Waals surface area contributed by atoms with E-state index in [0.29, 0.717) is 32.5 Å². The first kappa shape index (κ1) is 29.8. The smallest absolute Gasteiger partial charge is 0.231 e. The van der Waals surface area contributed by atoms with Gasteiger partial charge in [-0.25, -0.2) is 12.5 Å². The summed E-state index contributed by atoms with van der Waals surface area (Å²) in [5.74, 6) is -0.448. The molecule has 6 nitrogen and oxygen atoms in total. The molecule has 3 amide bonds. The minimum Gasteiger partial charge on any atom is -0.349 e. The number of hydrogen-bond acceptors (Lipinski definition) is 3. The fourth-order valence-corrected chi connectivity index (χ4v) is 6.19. The molecule has 0 spiro atoms. The second-order valence-electron chi connectivity index (χ2n) is 10.6. The van der Waals surface area contributed by atoms with E-state index in [-0.39, 0.29) is 72.6 Å². The molecule has 1 aromatic rings. The van der Waals surface area contributed by atoms with Crippen LogP contribution < -0.4 is 5.32 Å². The maximum absolute atomic E-state index is 13.9. The Kier molecular flexibility index (Phi) is 9.91. The summed E-state index contributed by atoms with van der Waals surface area (Å²) >= 11 is 6.20. The molecule has 2 aliphatic heterocycles. The number of halogens is 1. The second kappa shape index (κ2) is 13.0. The third kappa shape index (κ3) is 6.42. The number of benzene rings is 1. The molecule has 39 heavy (non-hydrogen) atoms. The molecule has 2 aliphatic carbocycles. The van der Waals surface area contributed by atoms with E-state index in [4.69, 9.17) is 11.6 Å². The summed E-state index contributed by atoms with van der Waals surface area (Å²) in [4.78, 5) is 43.6. The largest absolute Gasteiger partial charge is 0.349 e. The number of amides is 3. The fourth-order valence-electron chi connectivity index (χ4n) is 5.98. The summed E-state index contributed by atoms with van der Waals surface area (Å²) in [5, 5.41) is 3.01. The summed E-state index contributed by atoms with van der Waals surface area (Å²) in [6.45, 7) is 3.34. The molecule has 2 fully saturated rings. The summed E-state index contributed by atoms with van der Waals surface area (Å²) in [7, 11) is 0. The number of rotatable bonds is 6. The second-order valence-corrected chi connectivity index (χ2v) is 11.1. The number of carbonyl (C=O) groups is 3. The van der Waals surface area contributed by atoms with Gasteiger partial charge in [0.2, 0.25) is 17.7 Å². The fraction of sp³-hybridized carbons (Fsp3) is 0.419. The Morgan fingerprint density at radius 2 is 1.87 bits per heavy atom. The van der Waals surface area contributed by atoms with Gasteiger partial charge in [-0.15, -0.1) is 11.6 Å². The van der Waals surface area contributed by atoms with E-state index in [1.165, 1.54) is 0 Å². The number of nitrogens with one attached hydrogen (secondary N) is 1. The number of hydrogen-bond donors (Lipinski definition) is 1. The summed E-state index contributed by atoms with van der Waals surface area (Å²) in [5.41, 5.74) is 2.17. The van der Waals surface area contributed by atoms with Gasteiger partial charge in [0.15, 0.2) is 0 Å². The normalized spacial score (nSPS) is 24.7. The first-order valence-electron chi connectivity index (χ1n) is 13.6. The molecule has 0 radical (unpaired) electrons. The SMILES string of the molecule is C[C@H](NC(=O)C1(c2ccccc2)CCN(C(=O)C2CC(=O)N(C3=CC(Cl)[CH-]C=C3)C2)CC1)C1=CCCC=C1.[U]. The summed E-state index contributed by atoms with van der Waals surface area (Å²) < 4.78 is 0. The van der Waals surface area contributed by atoms with Gasteiger partial charge in [0.05, 0.1) is 17.4 Å². The van der Waals surface area contributed by atoms with Crippen LogP contribution in [-0.4, -0.2) is 58.6 Å². The van der Waals surface area contributed by atoms with Crippen molar-refractivity contribution in [3.8, 4) is 0 Å². The zero-order chi connectivity index (χ0) is 26.7. The van der Waals surface area contributed by atoms with Crippen molar-refractivity contribution in [2.24, 2.45) is 5.92 Å². The van der Waals surface area contributed by atoms with Gasteiger partial charge in [-0.05, 0) is 49.4 Å². The maximum Gasteiger partial charge on any atom is 0.231 e. The van der Waals surface area contributed by atoms with Crippen LogP contribution in [0.1, 0.15) is 44.6 Å². The van der Waals surface area contributed by atoms with E-state index in [1.807, 2.05) is 66.8 Å². The predicted octanol–water partition coefficient (Wildman–Crippen LogP) is 4.44. The van der Waals surface area contributed by atoms with Crippen LogP contribution in [0.3, 0.4) is 0 Å². The van der Waals surface area contributed by atoms with Crippen LogP contribution in [-0.2, 0) is 19.8 Å². The van der Waals surface area contributed by atoms with Crippen molar-refractivity contribution in [1.82, 2.24) is 15.1 Å². The van der Waals surface area contributed by atoms with Crippen molar-refractivity contribution >= 4 is 29.3 Å². The van der Waals surface area contributed by atoms with Gasteiger partial charge in [0.1, 0.15) is 0 Å². The van der Waals surface area contributed by atoms with Gasteiger partial charge in [-0.2, -0.15) is 6.08 Å². The van der Waals surface area contributed by atoms with Crippen molar-refractivity contribution in [3.05, 3.63) is 90.0 Å². The molecule has 8 heteroatoms. The van der Waals surface area contributed by atoms with E-state index in [1.54, 1.807) is 4.90 Å². The third-order valence-electron chi connectivity index (χ3n) is 8.24. The average molecular weight is 771 g/mol. The molecular weight excluding hydrogens is 736 g/mol. The van der Waals surface area contributed by atoms with Crippen LogP contribution in [0.2, 0.25) is 0 Å². The molecule has 2 heterocycles. The zero-order valence-electron chi connectivity index (χ0n) is 22.3. The third-order valence-corrected chi connectivity index (χ3v) is 8.51. The summed E-state index contributed by atoms with van der Waals surface area (Å²) in [6.07, 6.45) is 17.1. The average Bonchev–Trinajstić information content (AvgIpc) is 3.35.